The topological polar surface area (TPSA) is 112 Å². The first-order chi connectivity index (χ1) is 15.1. The maximum Gasteiger partial charge on any atom is 0.441 e. The number of benzene rings is 2. The number of rotatable bonds is 4. The Morgan fingerprint density at radius 3 is 2.41 bits per heavy atom. The second-order valence-electron chi connectivity index (χ2n) is 6.31. The third-order valence-corrected chi connectivity index (χ3v) is 6.35. The molecule has 0 spiro atoms. The fourth-order valence-corrected chi connectivity index (χ4v) is 4.42. The molecule has 4 rings (SSSR count). The fraction of sp³-hybridized carbons (Fsp3) is 0.0526. The van der Waals surface area contributed by atoms with Crippen molar-refractivity contribution in [1.82, 2.24) is 5.01 Å². The zero-order chi connectivity index (χ0) is 23.1. The van der Waals surface area contributed by atoms with Crippen LogP contribution < -0.4 is 4.18 Å². The van der Waals surface area contributed by atoms with Crippen LogP contribution in [0.1, 0.15) is 5.56 Å². The molecule has 0 aliphatic carbocycles. The number of para-hydroxylation sites is 1. The molecule has 0 fully saturated rings. The first-order valence-corrected chi connectivity index (χ1v) is 10.9. The number of nitrogens with zero attached hydrogens (tertiary/aromatic N) is 3. The third kappa shape index (κ3) is 4.16. The third-order valence-electron chi connectivity index (χ3n) is 4.15. The van der Waals surface area contributed by atoms with Crippen LogP contribution in [0.4, 0.5) is 13.2 Å². The van der Waals surface area contributed by atoms with Crippen molar-refractivity contribution in [2.45, 2.75) is 11.1 Å². The Bertz CT molecular complexity index is 1320. The first-order valence-electron chi connectivity index (χ1n) is 8.72. The number of thioether (sulfide) groups is 1. The molecule has 2 aliphatic heterocycles. The Hall–Kier alpha value is -3.45. The van der Waals surface area contributed by atoms with Crippen molar-refractivity contribution in [2.24, 2.45) is 10.1 Å². The largest absolute Gasteiger partial charge is 0.441 e. The van der Waals surface area contributed by atoms with Crippen molar-refractivity contribution in [3.8, 4) is 5.75 Å². The van der Waals surface area contributed by atoms with Crippen molar-refractivity contribution in [1.29, 1.82) is 5.41 Å². The lowest BCUT2D eigenvalue weighted by Crippen LogP contribution is -2.35. The average molecular weight is 480 g/mol. The van der Waals surface area contributed by atoms with E-state index < -0.39 is 33.1 Å². The average Bonchev–Trinajstić information content (AvgIpc) is 3.17. The van der Waals surface area contributed by atoms with E-state index in [1.807, 2.05) is 0 Å². The number of alkyl halides is 3. The number of aliphatic imine (C=N–C) groups is 1. The lowest BCUT2D eigenvalue weighted by molar-refractivity contribution is -0.114. The van der Waals surface area contributed by atoms with Crippen molar-refractivity contribution in [3.63, 3.8) is 0 Å². The van der Waals surface area contributed by atoms with Gasteiger partial charge < -0.3 is 4.18 Å². The first kappa shape index (κ1) is 21.8. The van der Waals surface area contributed by atoms with Gasteiger partial charge in [-0.2, -0.15) is 36.7 Å². The van der Waals surface area contributed by atoms with Gasteiger partial charge >= 0.3 is 16.3 Å². The highest BCUT2D eigenvalue weighted by molar-refractivity contribution is 8.27. The van der Waals surface area contributed by atoms with Gasteiger partial charge in [0.05, 0.1) is 5.57 Å². The van der Waals surface area contributed by atoms with E-state index in [9.17, 15) is 26.4 Å². The van der Waals surface area contributed by atoms with Crippen LogP contribution in [0.5, 0.6) is 5.75 Å². The van der Waals surface area contributed by atoms with Crippen LogP contribution >= 0.6 is 11.8 Å². The summed E-state index contributed by atoms with van der Waals surface area (Å²) < 4.78 is 69.1. The molecule has 0 saturated carbocycles. The molecule has 0 unspecified atom stereocenters. The van der Waals surface area contributed by atoms with E-state index in [1.165, 1.54) is 48.5 Å². The van der Waals surface area contributed by atoms with Gasteiger partial charge in [0.25, 0.3) is 5.91 Å². The highest BCUT2D eigenvalue weighted by Crippen LogP contribution is 2.35. The number of amidine groups is 2. The molecular formula is C19H11F3N4O4S2. The van der Waals surface area contributed by atoms with Crippen LogP contribution in [0, 0.1) is 5.41 Å². The SMILES string of the molecule is N=C1C(=Cc2ccccc2OS(=O)(=O)c2ccccc2)C(=O)N=C2SC(C(F)(F)F)=NN12. The van der Waals surface area contributed by atoms with Crippen LogP contribution in [0.15, 0.2) is 75.2 Å². The van der Waals surface area contributed by atoms with Crippen LogP contribution in [0.3, 0.4) is 0 Å². The summed E-state index contributed by atoms with van der Waals surface area (Å²) in [4.78, 5) is 15.9. The molecule has 1 amide bonds. The van der Waals surface area contributed by atoms with E-state index in [2.05, 4.69) is 10.1 Å². The quantitative estimate of drug-likeness (QED) is 0.528. The number of halogens is 3. The zero-order valence-electron chi connectivity index (χ0n) is 15.7. The molecule has 2 aromatic rings. The highest BCUT2D eigenvalue weighted by atomic mass is 32.2. The maximum absolute atomic E-state index is 12.9. The van der Waals surface area contributed by atoms with Gasteiger partial charge in [-0.15, -0.1) is 0 Å². The number of nitrogens with one attached hydrogen (secondary N) is 1. The van der Waals surface area contributed by atoms with Crippen LogP contribution in [-0.2, 0) is 14.9 Å². The summed E-state index contributed by atoms with van der Waals surface area (Å²) in [5.41, 5.74) is -0.277. The standard InChI is InChI=1S/C19H11F3N4O4S2/c20-19(21,22)17-25-26-15(23)13(16(27)24-18(26)31-17)10-11-6-4-5-9-14(11)30-32(28,29)12-7-2-1-3-8-12/h1-10,23H. The molecule has 8 nitrogen and oxygen atoms in total. The second-order valence-corrected chi connectivity index (χ2v) is 8.81. The summed E-state index contributed by atoms with van der Waals surface area (Å²) in [6.45, 7) is 0. The number of amides is 1. The summed E-state index contributed by atoms with van der Waals surface area (Å²) in [5.74, 6) is -1.74. The number of hydrogen-bond acceptors (Lipinski definition) is 7. The Morgan fingerprint density at radius 1 is 1.06 bits per heavy atom. The van der Waals surface area contributed by atoms with Crippen LogP contribution in [0.2, 0.25) is 0 Å². The summed E-state index contributed by atoms with van der Waals surface area (Å²) in [7, 11) is -4.20. The normalized spacial score (nSPS) is 17.8. The molecule has 164 valence electrons. The summed E-state index contributed by atoms with van der Waals surface area (Å²) in [6.07, 6.45) is -3.64. The Kier molecular flexibility index (Phi) is 5.38. The van der Waals surface area contributed by atoms with E-state index in [1.54, 1.807) is 6.07 Å². The summed E-state index contributed by atoms with van der Waals surface area (Å²) >= 11 is 0.134. The van der Waals surface area contributed by atoms with Crippen LogP contribution in [-0.4, -0.2) is 41.6 Å². The minimum absolute atomic E-state index is 0.0960. The fourth-order valence-electron chi connectivity index (χ4n) is 2.69. The number of hydrazone groups is 1. The van der Waals surface area contributed by atoms with Crippen molar-refractivity contribution < 1.29 is 30.6 Å². The maximum atomic E-state index is 12.9. The van der Waals surface area contributed by atoms with E-state index in [0.29, 0.717) is 5.01 Å². The van der Waals surface area contributed by atoms with Crippen molar-refractivity contribution >= 4 is 49.9 Å². The zero-order valence-corrected chi connectivity index (χ0v) is 17.3. The molecule has 0 aromatic heterocycles. The smallest absolute Gasteiger partial charge is 0.378 e. The highest BCUT2D eigenvalue weighted by Gasteiger charge is 2.46. The van der Waals surface area contributed by atoms with E-state index in [0.717, 1.165) is 6.08 Å². The molecule has 2 heterocycles. The van der Waals surface area contributed by atoms with E-state index >= 15 is 0 Å². The summed E-state index contributed by atoms with van der Waals surface area (Å²) in [6, 6.07) is 13.1. The molecule has 2 aliphatic rings. The predicted molar refractivity (Wildman–Crippen MR) is 112 cm³/mol. The Morgan fingerprint density at radius 2 is 1.72 bits per heavy atom. The minimum atomic E-state index is -4.76. The molecule has 0 radical (unpaired) electrons. The van der Waals surface area contributed by atoms with Gasteiger partial charge in [-0.05, 0) is 36.0 Å². The van der Waals surface area contributed by atoms with Gasteiger partial charge in [-0.1, -0.05) is 36.4 Å². The molecule has 32 heavy (non-hydrogen) atoms. The number of carbonyl (C=O) groups excluding carboxylic acids is 1. The number of carbonyl (C=O) groups is 1. The molecule has 1 N–H and O–H groups in total. The molecule has 0 saturated heterocycles. The van der Waals surface area contributed by atoms with E-state index in [-0.39, 0.29) is 38.7 Å². The molecule has 13 heteroatoms. The van der Waals surface area contributed by atoms with Crippen molar-refractivity contribution in [2.75, 3.05) is 0 Å². The Labute approximate surface area is 183 Å². The van der Waals surface area contributed by atoms with Gasteiger partial charge in [-0.3, -0.25) is 10.2 Å². The molecular weight excluding hydrogens is 469 g/mol. The lowest BCUT2D eigenvalue weighted by atomic mass is 10.1. The second kappa shape index (κ2) is 7.91. The number of hydrogen-bond donors (Lipinski definition) is 1. The van der Waals surface area contributed by atoms with Gasteiger partial charge in [0.1, 0.15) is 10.6 Å². The summed E-state index contributed by atoms with van der Waals surface area (Å²) in [5, 5.41) is 10.4. The predicted octanol–water partition coefficient (Wildman–Crippen LogP) is 3.64. The minimum Gasteiger partial charge on any atom is -0.378 e. The van der Waals surface area contributed by atoms with Crippen LogP contribution in [0.25, 0.3) is 6.08 Å². The number of fused-ring (bicyclic) bond motifs is 1. The van der Waals surface area contributed by atoms with E-state index in [4.69, 9.17) is 9.59 Å². The van der Waals surface area contributed by atoms with Gasteiger partial charge in [-0.25, -0.2) is 0 Å². The Balaban J connectivity index is 1.69. The van der Waals surface area contributed by atoms with Gasteiger partial charge in [0.2, 0.25) is 10.2 Å². The lowest BCUT2D eigenvalue weighted by Gasteiger charge is -2.20. The van der Waals surface area contributed by atoms with Gasteiger partial charge in [0.15, 0.2) is 5.84 Å². The molecule has 2 aromatic carbocycles. The van der Waals surface area contributed by atoms with Gasteiger partial charge in [0, 0.05) is 5.56 Å². The van der Waals surface area contributed by atoms with Crippen molar-refractivity contribution in [3.05, 3.63) is 65.7 Å². The monoisotopic (exact) mass is 480 g/mol. The molecule has 0 bridgehead atoms. The molecule has 0 atom stereocenters.